The number of rotatable bonds is 4. The fourth-order valence-corrected chi connectivity index (χ4v) is 5.07. The van der Waals surface area contributed by atoms with E-state index in [1.165, 1.54) is 4.31 Å². The van der Waals surface area contributed by atoms with Gasteiger partial charge in [0.05, 0.1) is 11.2 Å². The first-order valence-electron chi connectivity index (χ1n) is 7.66. The van der Waals surface area contributed by atoms with Crippen molar-refractivity contribution >= 4 is 16.0 Å². The lowest BCUT2D eigenvalue weighted by Crippen LogP contribution is -2.48. The van der Waals surface area contributed by atoms with E-state index in [0.29, 0.717) is 12.8 Å². The minimum atomic E-state index is -3.77. The molecule has 1 N–H and O–H groups in total. The van der Waals surface area contributed by atoms with Crippen molar-refractivity contribution in [1.29, 1.82) is 0 Å². The van der Waals surface area contributed by atoms with Crippen molar-refractivity contribution in [2.75, 3.05) is 18.8 Å². The molecule has 1 heterocycles. The minimum absolute atomic E-state index is 0.0867. The predicted octanol–water partition coefficient (Wildman–Crippen LogP) is 2.33. The maximum atomic E-state index is 13.8. The fourth-order valence-electron chi connectivity index (χ4n) is 3.20. The molecular weight excluding hydrogens is 316 g/mol. The molecule has 22 heavy (non-hydrogen) atoms. The lowest BCUT2D eigenvalue weighted by Gasteiger charge is -2.37. The van der Waals surface area contributed by atoms with Gasteiger partial charge in [0.2, 0.25) is 10.0 Å². The fraction of sp³-hybridized carbons (Fsp3) is 0.929. The second-order valence-corrected chi connectivity index (χ2v) is 8.76. The summed E-state index contributed by atoms with van der Waals surface area (Å²) in [5, 5.41) is 9.15. The molecule has 1 saturated heterocycles. The van der Waals surface area contributed by atoms with Crippen LogP contribution in [0.5, 0.6) is 0 Å². The molecule has 0 spiro atoms. The number of carboxylic acids is 1. The molecular formula is C14H23F2NO4S. The molecule has 0 amide bonds. The summed E-state index contributed by atoms with van der Waals surface area (Å²) < 4.78 is 53.6. The normalized spacial score (nSPS) is 29.1. The zero-order valence-electron chi connectivity index (χ0n) is 12.7. The Balaban J connectivity index is 2.01. The third-order valence-corrected chi connectivity index (χ3v) is 7.03. The first-order chi connectivity index (χ1) is 10.1. The Morgan fingerprint density at radius 2 is 1.82 bits per heavy atom. The average molecular weight is 339 g/mol. The van der Waals surface area contributed by atoms with Crippen molar-refractivity contribution < 1.29 is 27.1 Å². The molecule has 5 nitrogen and oxygen atoms in total. The van der Waals surface area contributed by atoms with Gasteiger partial charge in [-0.05, 0) is 32.6 Å². The van der Waals surface area contributed by atoms with E-state index in [1.54, 1.807) is 6.92 Å². The zero-order valence-corrected chi connectivity index (χ0v) is 13.5. The Hall–Kier alpha value is -0.760. The quantitative estimate of drug-likeness (QED) is 0.853. The van der Waals surface area contributed by atoms with E-state index < -0.39 is 39.0 Å². The smallest absolute Gasteiger partial charge is 0.309 e. The number of nitrogens with zero attached hydrogens (tertiary/aromatic N) is 1. The largest absolute Gasteiger partial charge is 0.481 e. The van der Waals surface area contributed by atoms with Gasteiger partial charge in [-0.15, -0.1) is 0 Å². The third-order valence-electron chi connectivity index (χ3n) is 5.06. The summed E-state index contributed by atoms with van der Waals surface area (Å²) in [5.41, 5.74) is -0.930. The second kappa shape index (κ2) is 6.03. The molecule has 1 unspecified atom stereocenters. The summed E-state index contributed by atoms with van der Waals surface area (Å²) in [7, 11) is -3.77. The number of aliphatic carboxylic acids is 1. The van der Waals surface area contributed by atoms with Crippen molar-refractivity contribution in [3.8, 4) is 0 Å². The van der Waals surface area contributed by atoms with Gasteiger partial charge in [0.25, 0.3) is 5.92 Å². The van der Waals surface area contributed by atoms with Crippen molar-refractivity contribution in [2.45, 2.75) is 51.4 Å². The van der Waals surface area contributed by atoms with Crippen LogP contribution in [0.15, 0.2) is 0 Å². The molecule has 0 aromatic carbocycles. The van der Waals surface area contributed by atoms with Gasteiger partial charge in [0, 0.05) is 25.4 Å². The van der Waals surface area contributed by atoms with Crippen LogP contribution in [0.1, 0.15) is 45.4 Å². The van der Waals surface area contributed by atoms with E-state index in [0.717, 1.165) is 0 Å². The second-order valence-electron chi connectivity index (χ2n) is 6.75. The lowest BCUT2D eigenvalue weighted by molar-refractivity contribution is -0.150. The Bertz CT molecular complexity index is 527. The number of alkyl halides is 2. The molecule has 2 fully saturated rings. The van der Waals surface area contributed by atoms with Crippen molar-refractivity contribution in [3.05, 3.63) is 0 Å². The van der Waals surface area contributed by atoms with Crippen molar-refractivity contribution in [1.82, 2.24) is 4.31 Å². The first-order valence-corrected chi connectivity index (χ1v) is 9.27. The molecule has 1 atom stereocenters. The molecule has 1 aliphatic carbocycles. The summed E-state index contributed by atoms with van der Waals surface area (Å²) in [6.45, 7) is 1.77. The Kier molecular flexibility index (Phi) is 4.82. The molecule has 128 valence electrons. The average Bonchev–Trinajstić information content (AvgIpc) is 2.41. The number of hydrogen-bond acceptors (Lipinski definition) is 3. The highest BCUT2D eigenvalue weighted by atomic mass is 32.2. The number of carbonyl (C=O) groups is 1. The van der Waals surface area contributed by atoms with Crippen LogP contribution in [-0.2, 0) is 14.8 Å². The van der Waals surface area contributed by atoms with Crippen molar-refractivity contribution in [3.63, 3.8) is 0 Å². The van der Waals surface area contributed by atoms with Crippen LogP contribution in [0, 0.1) is 11.3 Å². The Morgan fingerprint density at radius 3 is 2.32 bits per heavy atom. The van der Waals surface area contributed by atoms with Crippen LogP contribution in [0.2, 0.25) is 0 Å². The van der Waals surface area contributed by atoms with Gasteiger partial charge in [-0.25, -0.2) is 21.5 Å². The zero-order chi connectivity index (χ0) is 16.6. The molecule has 2 aliphatic rings. The first kappa shape index (κ1) is 17.6. The van der Waals surface area contributed by atoms with E-state index in [1.807, 2.05) is 0 Å². The summed E-state index contributed by atoms with van der Waals surface area (Å²) in [6.07, 6.45) is 1.47. The number of carboxylic acid groups (broad SMARTS) is 1. The Labute approximate surface area is 129 Å². The molecule has 1 aliphatic heterocycles. The van der Waals surface area contributed by atoms with Gasteiger partial charge in [-0.3, -0.25) is 4.79 Å². The van der Waals surface area contributed by atoms with Gasteiger partial charge in [0.1, 0.15) is 0 Å². The molecule has 0 aromatic rings. The number of halogens is 2. The van der Waals surface area contributed by atoms with Crippen LogP contribution in [0.3, 0.4) is 0 Å². The highest BCUT2D eigenvalue weighted by Crippen LogP contribution is 2.40. The summed E-state index contributed by atoms with van der Waals surface area (Å²) in [6, 6.07) is 0. The molecule has 0 bridgehead atoms. The van der Waals surface area contributed by atoms with Crippen molar-refractivity contribution in [2.24, 2.45) is 11.3 Å². The predicted molar refractivity (Wildman–Crippen MR) is 77.2 cm³/mol. The summed E-state index contributed by atoms with van der Waals surface area (Å²) >= 11 is 0. The van der Waals surface area contributed by atoms with Gasteiger partial charge in [0.15, 0.2) is 0 Å². The highest BCUT2D eigenvalue weighted by Gasteiger charge is 2.46. The highest BCUT2D eigenvalue weighted by molar-refractivity contribution is 7.89. The third kappa shape index (κ3) is 3.59. The van der Waals surface area contributed by atoms with E-state index in [-0.39, 0.29) is 38.8 Å². The van der Waals surface area contributed by atoms with Gasteiger partial charge < -0.3 is 5.11 Å². The van der Waals surface area contributed by atoms with Gasteiger partial charge in [-0.1, -0.05) is 6.42 Å². The standard InChI is InChI=1S/C14H23F2NO4S/c1-13(12(18)19)6-8-17(9-7-13)22(20,21)10-11-4-2-3-5-14(11,15)16/h11H,2-10H2,1H3,(H,18,19). The van der Waals surface area contributed by atoms with Crippen LogP contribution in [-0.4, -0.2) is 48.6 Å². The minimum Gasteiger partial charge on any atom is -0.481 e. The summed E-state index contributed by atoms with van der Waals surface area (Å²) in [4.78, 5) is 11.2. The van der Waals surface area contributed by atoms with E-state index >= 15 is 0 Å². The van der Waals surface area contributed by atoms with Crippen LogP contribution < -0.4 is 0 Å². The van der Waals surface area contributed by atoms with E-state index in [4.69, 9.17) is 5.11 Å². The number of piperidine rings is 1. The Morgan fingerprint density at radius 1 is 1.23 bits per heavy atom. The van der Waals surface area contributed by atoms with Crippen LogP contribution in [0.4, 0.5) is 8.78 Å². The topological polar surface area (TPSA) is 74.7 Å². The maximum Gasteiger partial charge on any atom is 0.309 e. The van der Waals surface area contributed by atoms with Gasteiger partial charge in [-0.2, -0.15) is 0 Å². The van der Waals surface area contributed by atoms with E-state index in [9.17, 15) is 22.0 Å². The number of hydrogen-bond donors (Lipinski definition) is 1. The molecule has 0 aromatic heterocycles. The lowest BCUT2D eigenvalue weighted by atomic mass is 9.81. The van der Waals surface area contributed by atoms with Crippen LogP contribution in [0.25, 0.3) is 0 Å². The molecule has 2 rings (SSSR count). The molecule has 1 saturated carbocycles. The maximum absolute atomic E-state index is 13.8. The van der Waals surface area contributed by atoms with Gasteiger partial charge >= 0.3 is 5.97 Å². The SMILES string of the molecule is CC1(C(=O)O)CCN(S(=O)(=O)CC2CCCCC2(F)F)CC1. The monoisotopic (exact) mass is 339 g/mol. The summed E-state index contributed by atoms with van der Waals surface area (Å²) in [5.74, 6) is -5.53. The van der Waals surface area contributed by atoms with Crippen LogP contribution >= 0.6 is 0 Å². The molecule has 8 heteroatoms. The van der Waals surface area contributed by atoms with E-state index in [2.05, 4.69) is 0 Å². The molecule has 0 radical (unpaired) electrons. The number of sulfonamides is 1.